The average molecular weight is 630 g/mol. The first-order valence-corrected chi connectivity index (χ1v) is 13.7. The SMILES string of the molecule is C.CCCCOC(=O)c1ncnc2scnc12.Clc1ncnc2scnc12.O=C(O)c1ncnc2scnc12.[Li+].[OH-]. The summed E-state index contributed by atoms with van der Waals surface area (Å²) in [7, 11) is 0. The fraction of sp³-hybridized carbons (Fsp3) is 0.227. The molecular formula is C22H21ClLiN9O5S3. The summed E-state index contributed by atoms with van der Waals surface area (Å²) in [6.45, 7) is 2.46. The van der Waals surface area contributed by atoms with Crippen LogP contribution >= 0.6 is 45.6 Å². The molecule has 210 valence electrons. The third-order valence-electron chi connectivity index (χ3n) is 4.49. The van der Waals surface area contributed by atoms with Gasteiger partial charge in [-0.25, -0.2) is 54.4 Å². The summed E-state index contributed by atoms with van der Waals surface area (Å²) in [5, 5.41) is 9.10. The molecule has 41 heavy (non-hydrogen) atoms. The van der Waals surface area contributed by atoms with Gasteiger partial charge in [0, 0.05) is 0 Å². The van der Waals surface area contributed by atoms with Crippen LogP contribution in [-0.4, -0.2) is 74.0 Å². The molecule has 0 fully saturated rings. The van der Waals surface area contributed by atoms with E-state index >= 15 is 0 Å². The Morgan fingerprint density at radius 2 is 1.24 bits per heavy atom. The molecule has 6 aromatic rings. The minimum atomic E-state index is -1.08. The minimum absolute atomic E-state index is 0. The largest absolute Gasteiger partial charge is 1.00 e. The molecule has 0 saturated heterocycles. The first-order valence-electron chi connectivity index (χ1n) is 10.7. The number of aromatic nitrogens is 9. The number of ether oxygens (including phenoxy) is 1. The number of carboxylic acids is 1. The van der Waals surface area contributed by atoms with E-state index in [1.165, 1.54) is 53.0 Å². The van der Waals surface area contributed by atoms with E-state index in [1.807, 2.05) is 6.92 Å². The molecule has 0 atom stereocenters. The maximum Gasteiger partial charge on any atom is 1.00 e. The van der Waals surface area contributed by atoms with E-state index in [9.17, 15) is 9.59 Å². The van der Waals surface area contributed by atoms with E-state index in [2.05, 4.69) is 44.9 Å². The van der Waals surface area contributed by atoms with Crippen LogP contribution in [0, 0.1) is 0 Å². The average Bonchev–Trinajstić information content (AvgIpc) is 3.70. The first-order chi connectivity index (χ1) is 18.5. The number of carboxylic acid groups (broad SMARTS) is 1. The molecular weight excluding hydrogens is 609 g/mol. The van der Waals surface area contributed by atoms with Gasteiger partial charge in [0.1, 0.15) is 50.0 Å². The fourth-order valence-electron chi connectivity index (χ4n) is 2.74. The van der Waals surface area contributed by atoms with Gasteiger partial charge in [0.15, 0.2) is 16.5 Å². The monoisotopic (exact) mass is 629 g/mol. The second-order valence-corrected chi connectivity index (χ2v) is 9.78. The van der Waals surface area contributed by atoms with Crippen molar-refractivity contribution in [3.05, 3.63) is 52.1 Å². The van der Waals surface area contributed by atoms with Crippen LogP contribution in [-0.2, 0) is 4.74 Å². The van der Waals surface area contributed by atoms with Gasteiger partial charge in [-0.3, -0.25) is 0 Å². The van der Waals surface area contributed by atoms with Gasteiger partial charge in [0.05, 0.1) is 23.1 Å². The Morgan fingerprint density at radius 1 is 0.780 bits per heavy atom. The van der Waals surface area contributed by atoms with Gasteiger partial charge >= 0.3 is 30.8 Å². The number of aromatic carboxylic acids is 1. The Bertz CT molecular complexity index is 1700. The third kappa shape index (κ3) is 9.09. The quantitative estimate of drug-likeness (QED) is 0.125. The number of nitrogens with zero attached hydrogens (tertiary/aromatic N) is 9. The van der Waals surface area contributed by atoms with Crippen molar-refractivity contribution < 1.29 is 43.8 Å². The number of carbonyl (C=O) groups excluding carboxylic acids is 1. The van der Waals surface area contributed by atoms with Crippen molar-refractivity contribution >= 4 is 88.6 Å². The zero-order valence-corrected chi connectivity index (χ0v) is 24.0. The topological polar surface area (TPSA) is 210 Å². The standard InChI is InChI=1S/C10H11N3O2S.C6H3N3O2S.C5H2ClN3S.CH4.Li.H2O/c1-2-3-4-15-10(14)8-7-9(12-5-11-8)16-6-13-7;10-6(11)4-3-5(8-1-7-4)12-2-9-3;6-4-3-5(8-1-7-4)10-2-9-3;;;/h5-6H,2-4H2,1H3;1-2H,(H,10,11);1-2H;1H4;;1H2/q;;;;+1;/p-1. The Morgan fingerprint density at radius 3 is 1.76 bits per heavy atom. The second-order valence-electron chi connectivity index (χ2n) is 6.92. The molecule has 0 aliphatic rings. The summed E-state index contributed by atoms with van der Waals surface area (Å²) in [6, 6.07) is 0. The van der Waals surface area contributed by atoms with Gasteiger partial charge in [-0.2, -0.15) is 0 Å². The number of esters is 1. The van der Waals surface area contributed by atoms with Crippen molar-refractivity contribution in [3.8, 4) is 0 Å². The number of thiazole rings is 3. The zero-order valence-electron chi connectivity index (χ0n) is 20.8. The molecule has 6 heterocycles. The van der Waals surface area contributed by atoms with Crippen LogP contribution in [0.5, 0.6) is 0 Å². The van der Waals surface area contributed by atoms with Crippen LogP contribution in [0.3, 0.4) is 0 Å². The van der Waals surface area contributed by atoms with Crippen molar-refractivity contribution in [2.75, 3.05) is 6.61 Å². The number of hydrogen-bond acceptors (Lipinski definition) is 16. The molecule has 0 spiro atoms. The molecule has 0 aliphatic carbocycles. The summed E-state index contributed by atoms with van der Waals surface area (Å²) in [4.78, 5) is 59.5. The zero-order chi connectivity index (χ0) is 26.9. The molecule has 0 radical (unpaired) electrons. The summed E-state index contributed by atoms with van der Waals surface area (Å²) < 4.78 is 5.08. The van der Waals surface area contributed by atoms with Crippen molar-refractivity contribution in [2.45, 2.75) is 27.2 Å². The van der Waals surface area contributed by atoms with E-state index in [-0.39, 0.29) is 43.2 Å². The maximum absolute atomic E-state index is 11.7. The second kappa shape index (κ2) is 17.5. The summed E-state index contributed by atoms with van der Waals surface area (Å²) in [5.74, 6) is -1.50. The molecule has 0 bridgehead atoms. The van der Waals surface area contributed by atoms with Gasteiger partial charge < -0.3 is 15.3 Å². The van der Waals surface area contributed by atoms with Crippen molar-refractivity contribution in [1.29, 1.82) is 0 Å². The number of hydrogen-bond donors (Lipinski definition) is 1. The number of carbonyl (C=O) groups is 2. The smallest absolute Gasteiger partial charge is 0.870 e. The van der Waals surface area contributed by atoms with Crippen LogP contribution in [0.15, 0.2) is 35.5 Å². The molecule has 6 rings (SSSR count). The summed E-state index contributed by atoms with van der Waals surface area (Å²) >= 11 is 9.82. The fourth-order valence-corrected chi connectivity index (χ4v) is 4.86. The first kappa shape index (κ1) is 35.7. The molecule has 14 nitrogen and oxygen atoms in total. The molecule has 0 amide bonds. The van der Waals surface area contributed by atoms with E-state index < -0.39 is 11.9 Å². The molecule has 0 unspecified atom stereocenters. The van der Waals surface area contributed by atoms with Crippen LogP contribution < -0.4 is 18.9 Å². The maximum atomic E-state index is 11.7. The van der Waals surface area contributed by atoms with Gasteiger partial charge in [-0.1, -0.05) is 32.4 Å². The van der Waals surface area contributed by atoms with E-state index in [0.29, 0.717) is 38.0 Å². The van der Waals surface area contributed by atoms with Gasteiger partial charge in [-0.05, 0) is 6.42 Å². The van der Waals surface area contributed by atoms with Gasteiger partial charge in [0.2, 0.25) is 0 Å². The van der Waals surface area contributed by atoms with Gasteiger partial charge in [0.25, 0.3) is 0 Å². The molecule has 0 saturated carbocycles. The number of halogens is 1. The third-order valence-corrected chi connectivity index (χ3v) is 6.96. The van der Waals surface area contributed by atoms with Crippen LogP contribution in [0.1, 0.15) is 48.2 Å². The Balaban J connectivity index is 0.000000304. The molecule has 19 heteroatoms. The minimum Gasteiger partial charge on any atom is -0.870 e. The molecule has 0 aliphatic heterocycles. The molecule has 0 aromatic carbocycles. The Hall–Kier alpha value is -3.30. The van der Waals surface area contributed by atoms with Crippen LogP contribution in [0.25, 0.3) is 31.0 Å². The predicted molar refractivity (Wildman–Crippen MR) is 151 cm³/mol. The summed E-state index contributed by atoms with van der Waals surface area (Å²) in [5.41, 5.74) is 6.67. The number of rotatable bonds is 5. The Labute approximate surface area is 261 Å². The molecule has 2 N–H and O–H groups in total. The van der Waals surface area contributed by atoms with E-state index in [1.54, 1.807) is 16.5 Å². The van der Waals surface area contributed by atoms with E-state index in [4.69, 9.17) is 21.4 Å². The Kier molecular flexibility index (Phi) is 15.2. The van der Waals surface area contributed by atoms with Crippen molar-refractivity contribution in [3.63, 3.8) is 0 Å². The van der Waals surface area contributed by atoms with E-state index in [0.717, 1.165) is 17.7 Å². The summed E-state index contributed by atoms with van der Waals surface area (Å²) in [6.07, 6.45) is 5.87. The van der Waals surface area contributed by atoms with Crippen molar-refractivity contribution in [1.82, 2.24) is 44.9 Å². The number of unbranched alkanes of at least 4 members (excludes halogenated alkanes) is 1. The predicted octanol–water partition coefficient (Wildman–Crippen LogP) is 2.03. The molecule has 6 aromatic heterocycles. The van der Waals surface area contributed by atoms with Crippen molar-refractivity contribution in [2.24, 2.45) is 0 Å². The van der Waals surface area contributed by atoms with Crippen LogP contribution in [0.4, 0.5) is 0 Å². The number of fused-ring (bicyclic) bond motifs is 3. The van der Waals surface area contributed by atoms with Crippen LogP contribution in [0.2, 0.25) is 5.15 Å². The normalized spacial score (nSPS) is 9.71. The van der Waals surface area contributed by atoms with Gasteiger partial charge in [-0.15, -0.1) is 34.0 Å².